The van der Waals surface area contributed by atoms with E-state index in [0.717, 1.165) is 29.8 Å². The van der Waals surface area contributed by atoms with Crippen LogP contribution in [0.3, 0.4) is 0 Å². The second-order valence-electron chi connectivity index (χ2n) is 6.15. The molecule has 0 saturated carbocycles. The van der Waals surface area contributed by atoms with Gasteiger partial charge in [-0.3, -0.25) is 4.79 Å². The van der Waals surface area contributed by atoms with Crippen LogP contribution in [-0.4, -0.2) is 24.7 Å². The molecule has 0 bridgehead atoms. The molecule has 2 aromatic carbocycles. The van der Waals surface area contributed by atoms with Gasteiger partial charge in [0.15, 0.2) is 0 Å². The number of rotatable bonds is 4. The summed E-state index contributed by atoms with van der Waals surface area (Å²) < 4.78 is 5.18. The quantitative estimate of drug-likeness (QED) is 0.935. The summed E-state index contributed by atoms with van der Waals surface area (Å²) in [7, 11) is 1.62. The van der Waals surface area contributed by atoms with Gasteiger partial charge in [0.05, 0.1) is 19.1 Å². The molecule has 0 aromatic heterocycles. The van der Waals surface area contributed by atoms with Crippen LogP contribution in [0, 0.1) is 5.92 Å². The lowest BCUT2D eigenvalue weighted by Gasteiger charge is -2.27. The maximum Gasteiger partial charge on any atom is 0.233 e. The average Bonchev–Trinajstić information content (AvgIpc) is 2.83. The van der Waals surface area contributed by atoms with E-state index in [-0.39, 0.29) is 5.91 Å². The number of carbonyl (C=O) groups excluding carboxylic acids is 1. The van der Waals surface area contributed by atoms with Gasteiger partial charge in [-0.1, -0.05) is 36.8 Å². The molecule has 2 atom stereocenters. The molecule has 1 saturated heterocycles. The Morgan fingerprint density at radius 3 is 2.46 bits per heavy atom. The van der Waals surface area contributed by atoms with Crippen LogP contribution in [0.2, 0.25) is 0 Å². The third-order valence-electron chi connectivity index (χ3n) is 4.64. The molecule has 1 amide bonds. The van der Waals surface area contributed by atoms with Gasteiger partial charge >= 0.3 is 0 Å². The molecule has 0 aliphatic carbocycles. The van der Waals surface area contributed by atoms with Gasteiger partial charge in [0.2, 0.25) is 5.91 Å². The topological polar surface area (TPSA) is 49.8 Å². The van der Waals surface area contributed by atoms with Gasteiger partial charge in [-0.2, -0.15) is 0 Å². The predicted octanol–water partition coefficient (Wildman–Crippen LogP) is 3.56. The molecule has 1 aliphatic rings. The summed E-state index contributed by atoms with van der Waals surface area (Å²) in [5.74, 6) is 0.355. The van der Waals surface area contributed by atoms with Crippen LogP contribution in [0.5, 0.6) is 5.75 Å². The van der Waals surface area contributed by atoms with Crippen LogP contribution in [0.1, 0.15) is 30.9 Å². The van der Waals surface area contributed by atoms with Crippen LogP contribution >= 0.6 is 0 Å². The summed E-state index contributed by atoms with van der Waals surface area (Å²) in [6.45, 7) is 0.684. The lowest BCUT2D eigenvalue weighted by molar-refractivity contribution is -0.125. The Hall–Kier alpha value is -2.33. The predicted molar refractivity (Wildman–Crippen MR) is 94.1 cm³/mol. The summed E-state index contributed by atoms with van der Waals surface area (Å²) in [5, 5.41) is 10.7. The molecular formula is C20H23NO3. The Balaban J connectivity index is 1.84. The molecule has 3 rings (SSSR count). The number of methoxy groups -OCH3 is 1. The fourth-order valence-corrected chi connectivity index (χ4v) is 3.26. The molecule has 4 nitrogen and oxygen atoms in total. The minimum atomic E-state index is -0.766. The number of benzene rings is 2. The minimum Gasteiger partial charge on any atom is -0.497 e. The maximum absolute atomic E-state index is 13.0. The van der Waals surface area contributed by atoms with Gasteiger partial charge in [0.1, 0.15) is 5.75 Å². The molecule has 1 aliphatic heterocycles. The molecule has 2 aromatic rings. The second kappa shape index (κ2) is 7.49. The fourth-order valence-electron chi connectivity index (χ4n) is 3.26. The molecule has 4 heteroatoms. The Kier molecular flexibility index (Phi) is 5.16. The second-order valence-corrected chi connectivity index (χ2v) is 6.15. The zero-order valence-corrected chi connectivity index (χ0v) is 13.9. The van der Waals surface area contributed by atoms with Crippen LogP contribution in [0.4, 0.5) is 5.69 Å². The molecule has 126 valence electrons. The van der Waals surface area contributed by atoms with Crippen LogP contribution < -0.4 is 9.64 Å². The number of hydrogen-bond donors (Lipinski definition) is 1. The largest absolute Gasteiger partial charge is 0.497 e. The van der Waals surface area contributed by atoms with Crippen molar-refractivity contribution >= 4 is 11.6 Å². The number of aliphatic hydroxyl groups is 1. The molecule has 1 fully saturated rings. The first-order valence-corrected chi connectivity index (χ1v) is 8.39. The Morgan fingerprint density at radius 1 is 1.08 bits per heavy atom. The number of anilines is 1. The number of amides is 1. The van der Waals surface area contributed by atoms with E-state index in [1.165, 1.54) is 0 Å². The van der Waals surface area contributed by atoms with E-state index in [1.54, 1.807) is 12.0 Å². The van der Waals surface area contributed by atoms with Gasteiger partial charge < -0.3 is 14.7 Å². The maximum atomic E-state index is 13.0. The highest BCUT2D eigenvalue weighted by molar-refractivity contribution is 5.95. The van der Waals surface area contributed by atoms with Crippen LogP contribution in [0.15, 0.2) is 54.6 Å². The van der Waals surface area contributed by atoms with E-state index in [2.05, 4.69) is 0 Å². The van der Waals surface area contributed by atoms with E-state index in [1.807, 2.05) is 54.6 Å². The van der Waals surface area contributed by atoms with E-state index in [9.17, 15) is 9.90 Å². The van der Waals surface area contributed by atoms with Crippen molar-refractivity contribution in [2.24, 2.45) is 5.92 Å². The minimum absolute atomic E-state index is 0.00554. The summed E-state index contributed by atoms with van der Waals surface area (Å²) in [6, 6.07) is 17.0. The van der Waals surface area contributed by atoms with Crippen molar-refractivity contribution in [3.8, 4) is 5.75 Å². The van der Waals surface area contributed by atoms with Crippen LogP contribution in [0.25, 0.3) is 0 Å². The number of nitrogens with zero attached hydrogens (tertiary/aromatic N) is 1. The molecular weight excluding hydrogens is 302 g/mol. The molecule has 0 spiro atoms. The number of ether oxygens (including phenoxy) is 1. The van der Waals surface area contributed by atoms with Crippen molar-refractivity contribution in [3.63, 3.8) is 0 Å². The average molecular weight is 325 g/mol. The first-order chi connectivity index (χ1) is 11.7. The summed E-state index contributed by atoms with van der Waals surface area (Å²) in [5.41, 5.74) is 1.65. The Labute approximate surface area is 142 Å². The van der Waals surface area contributed by atoms with E-state index >= 15 is 0 Å². The highest BCUT2D eigenvalue weighted by Gasteiger charge is 2.33. The first kappa shape index (κ1) is 16.5. The summed E-state index contributed by atoms with van der Waals surface area (Å²) in [6.07, 6.45) is 1.82. The Bertz CT molecular complexity index is 669. The number of hydrogen-bond acceptors (Lipinski definition) is 3. The zero-order valence-electron chi connectivity index (χ0n) is 13.9. The van der Waals surface area contributed by atoms with Gasteiger partial charge in [-0.05, 0) is 42.7 Å². The number of carbonyl (C=O) groups is 1. The SMILES string of the molecule is COc1ccc(N2CCCC[C@@H]([C@H](O)c3ccccc3)C2=O)cc1. The van der Waals surface area contributed by atoms with Crippen molar-refractivity contribution in [3.05, 3.63) is 60.2 Å². The number of aliphatic hydroxyl groups excluding tert-OH is 1. The van der Waals surface area contributed by atoms with Gasteiger partial charge in [-0.25, -0.2) is 0 Å². The molecule has 1 N–H and O–H groups in total. The monoisotopic (exact) mass is 325 g/mol. The van der Waals surface area contributed by atoms with Crippen molar-refractivity contribution in [2.75, 3.05) is 18.6 Å². The van der Waals surface area contributed by atoms with E-state index in [0.29, 0.717) is 13.0 Å². The lowest BCUT2D eigenvalue weighted by atomic mass is 9.91. The van der Waals surface area contributed by atoms with Crippen molar-refractivity contribution < 1.29 is 14.6 Å². The third-order valence-corrected chi connectivity index (χ3v) is 4.64. The smallest absolute Gasteiger partial charge is 0.233 e. The van der Waals surface area contributed by atoms with E-state index < -0.39 is 12.0 Å². The van der Waals surface area contributed by atoms with Crippen molar-refractivity contribution in [1.82, 2.24) is 0 Å². The highest BCUT2D eigenvalue weighted by Crippen LogP contribution is 2.32. The van der Waals surface area contributed by atoms with Crippen molar-refractivity contribution in [2.45, 2.75) is 25.4 Å². The molecule has 0 unspecified atom stereocenters. The van der Waals surface area contributed by atoms with Gasteiger partial charge in [0, 0.05) is 12.2 Å². The standard InChI is InChI=1S/C20H23NO3/c1-24-17-12-10-16(11-13-17)21-14-6-5-9-18(20(21)23)19(22)15-7-3-2-4-8-15/h2-4,7-8,10-13,18-19,22H,5-6,9,14H2,1H3/t18-,19+/m0/s1. The van der Waals surface area contributed by atoms with Gasteiger partial charge in [0.25, 0.3) is 0 Å². The Morgan fingerprint density at radius 2 is 1.79 bits per heavy atom. The fraction of sp³-hybridized carbons (Fsp3) is 0.350. The zero-order chi connectivity index (χ0) is 16.9. The van der Waals surface area contributed by atoms with Gasteiger partial charge in [-0.15, -0.1) is 0 Å². The molecule has 0 radical (unpaired) electrons. The van der Waals surface area contributed by atoms with Crippen molar-refractivity contribution in [1.29, 1.82) is 0 Å². The molecule has 24 heavy (non-hydrogen) atoms. The van der Waals surface area contributed by atoms with Crippen LogP contribution in [-0.2, 0) is 4.79 Å². The third kappa shape index (κ3) is 3.44. The summed E-state index contributed by atoms with van der Waals surface area (Å²) >= 11 is 0. The first-order valence-electron chi connectivity index (χ1n) is 8.39. The summed E-state index contributed by atoms with van der Waals surface area (Å²) in [4.78, 5) is 14.8. The normalized spacial score (nSPS) is 19.7. The highest BCUT2D eigenvalue weighted by atomic mass is 16.5. The molecule has 1 heterocycles. The lowest BCUT2D eigenvalue weighted by Crippen LogP contribution is -2.37. The van der Waals surface area contributed by atoms with E-state index in [4.69, 9.17) is 4.74 Å².